The minimum Gasteiger partial charge on any atom is -0.508 e. The first-order valence-corrected chi connectivity index (χ1v) is 6.38. The number of phenols is 1. The molecule has 0 atom stereocenters. The van der Waals surface area contributed by atoms with Crippen LogP contribution in [0.25, 0.3) is 0 Å². The molecule has 0 fully saturated rings. The zero-order chi connectivity index (χ0) is 11.7. The zero-order valence-electron chi connectivity index (χ0n) is 9.19. The highest BCUT2D eigenvalue weighted by atomic mass is 32.2. The van der Waals surface area contributed by atoms with Gasteiger partial charge >= 0.3 is 0 Å². The van der Waals surface area contributed by atoms with Crippen molar-refractivity contribution in [2.75, 3.05) is 5.75 Å². The Kier molecular flexibility index (Phi) is 3.09. The third-order valence-corrected chi connectivity index (χ3v) is 4.06. The molecule has 1 aromatic carbocycles. The molecule has 84 valence electrons. The SMILES string of the molecule is CC(C)(C)CS(=O)(=O)c1ccc(O)cc1. The van der Waals surface area contributed by atoms with E-state index in [1.807, 2.05) is 20.8 Å². The minimum atomic E-state index is -3.25. The van der Waals surface area contributed by atoms with Crippen LogP contribution < -0.4 is 0 Å². The number of sulfone groups is 1. The van der Waals surface area contributed by atoms with Crippen LogP contribution in [0.3, 0.4) is 0 Å². The first-order chi connectivity index (χ1) is 6.71. The number of benzene rings is 1. The summed E-state index contributed by atoms with van der Waals surface area (Å²) in [4.78, 5) is 0.259. The van der Waals surface area contributed by atoms with Crippen LogP contribution in [0, 0.1) is 5.41 Å². The van der Waals surface area contributed by atoms with Crippen molar-refractivity contribution < 1.29 is 13.5 Å². The van der Waals surface area contributed by atoms with E-state index in [9.17, 15) is 8.42 Å². The van der Waals surface area contributed by atoms with Gasteiger partial charge in [-0.3, -0.25) is 0 Å². The molecule has 0 spiro atoms. The Balaban J connectivity index is 3.02. The highest BCUT2D eigenvalue weighted by Gasteiger charge is 2.23. The number of aromatic hydroxyl groups is 1. The maximum absolute atomic E-state index is 11.9. The summed E-state index contributed by atoms with van der Waals surface area (Å²) in [6.07, 6.45) is 0. The molecule has 1 aromatic rings. The lowest BCUT2D eigenvalue weighted by Crippen LogP contribution is -2.20. The highest BCUT2D eigenvalue weighted by molar-refractivity contribution is 7.91. The molecule has 15 heavy (non-hydrogen) atoms. The lowest BCUT2D eigenvalue weighted by molar-refractivity contribution is 0.461. The molecule has 3 nitrogen and oxygen atoms in total. The van der Waals surface area contributed by atoms with Gasteiger partial charge in [0.25, 0.3) is 0 Å². The first kappa shape index (κ1) is 12.0. The van der Waals surface area contributed by atoms with Crippen molar-refractivity contribution in [3.05, 3.63) is 24.3 Å². The molecule has 0 amide bonds. The number of phenolic OH excluding ortho intramolecular Hbond substituents is 1. The van der Waals surface area contributed by atoms with Crippen molar-refractivity contribution in [3.8, 4) is 5.75 Å². The molecule has 0 radical (unpaired) electrons. The average Bonchev–Trinajstić information content (AvgIpc) is 2.00. The lowest BCUT2D eigenvalue weighted by Gasteiger charge is -2.17. The monoisotopic (exact) mass is 228 g/mol. The van der Waals surface area contributed by atoms with E-state index in [-0.39, 0.29) is 21.8 Å². The number of hydrogen-bond acceptors (Lipinski definition) is 3. The van der Waals surface area contributed by atoms with Crippen LogP contribution in [-0.4, -0.2) is 19.3 Å². The van der Waals surface area contributed by atoms with E-state index < -0.39 is 9.84 Å². The van der Waals surface area contributed by atoms with E-state index in [2.05, 4.69) is 0 Å². The third kappa shape index (κ3) is 3.55. The zero-order valence-corrected chi connectivity index (χ0v) is 10.0. The molecule has 0 bridgehead atoms. The Labute approximate surface area is 90.7 Å². The minimum absolute atomic E-state index is 0.0738. The molecule has 0 heterocycles. The van der Waals surface area contributed by atoms with Crippen molar-refractivity contribution >= 4 is 9.84 Å². The van der Waals surface area contributed by atoms with Gasteiger partial charge in [0.1, 0.15) is 5.75 Å². The summed E-state index contributed by atoms with van der Waals surface area (Å²) in [5.74, 6) is 0.176. The van der Waals surface area contributed by atoms with Gasteiger partial charge in [0.2, 0.25) is 0 Å². The molecule has 0 aliphatic rings. The van der Waals surface area contributed by atoms with Crippen LogP contribution >= 0.6 is 0 Å². The van der Waals surface area contributed by atoms with Crippen molar-refractivity contribution in [3.63, 3.8) is 0 Å². The molecule has 0 aliphatic heterocycles. The third-order valence-electron chi connectivity index (χ3n) is 1.82. The van der Waals surface area contributed by atoms with E-state index in [1.54, 1.807) is 0 Å². The predicted octanol–water partition coefficient (Wildman–Crippen LogP) is 2.21. The van der Waals surface area contributed by atoms with Crippen molar-refractivity contribution in [2.24, 2.45) is 5.41 Å². The van der Waals surface area contributed by atoms with Crippen LogP contribution in [-0.2, 0) is 9.84 Å². The van der Waals surface area contributed by atoms with E-state index in [4.69, 9.17) is 5.11 Å². The Morgan fingerprint density at radius 2 is 1.60 bits per heavy atom. The van der Waals surface area contributed by atoms with Crippen LogP contribution in [0.15, 0.2) is 29.2 Å². The summed E-state index contributed by atoms with van der Waals surface area (Å²) < 4.78 is 23.8. The van der Waals surface area contributed by atoms with Crippen LogP contribution in [0.1, 0.15) is 20.8 Å². The molecular formula is C11H16O3S. The van der Waals surface area contributed by atoms with Crippen molar-refractivity contribution in [2.45, 2.75) is 25.7 Å². The predicted molar refractivity (Wildman–Crippen MR) is 59.6 cm³/mol. The second-order valence-electron chi connectivity index (χ2n) is 4.81. The summed E-state index contributed by atoms with van der Waals surface area (Å²) in [6.45, 7) is 5.64. The van der Waals surface area contributed by atoms with E-state index >= 15 is 0 Å². The fourth-order valence-corrected chi connectivity index (χ4v) is 3.16. The quantitative estimate of drug-likeness (QED) is 0.844. The molecule has 1 N–H and O–H groups in total. The van der Waals surface area contributed by atoms with Crippen LogP contribution in [0.5, 0.6) is 5.75 Å². The average molecular weight is 228 g/mol. The number of rotatable bonds is 2. The Bertz CT molecular complexity index is 424. The Morgan fingerprint density at radius 3 is 2.00 bits per heavy atom. The smallest absolute Gasteiger partial charge is 0.178 e. The molecular weight excluding hydrogens is 212 g/mol. The van der Waals surface area contributed by atoms with Gasteiger partial charge in [-0.05, 0) is 29.7 Å². The summed E-state index contributed by atoms with van der Waals surface area (Å²) in [6, 6.07) is 5.62. The van der Waals surface area contributed by atoms with Gasteiger partial charge in [0.05, 0.1) is 10.6 Å². The molecule has 0 unspecified atom stereocenters. The topological polar surface area (TPSA) is 54.4 Å². The standard InChI is InChI=1S/C11H16O3S/c1-11(2,3)8-15(13,14)10-6-4-9(12)5-7-10/h4-7,12H,8H2,1-3H3. The maximum atomic E-state index is 11.9. The maximum Gasteiger partial charge on any atom is 0.178 e. The molecule has 0 saturated carbocycles. The van der Waals surface area contributed by atoms with Gasteiger partial charge in [-0.25, -0.2) is 8.42 Å². The second kappa shape index (κ2) is 3.85. The highest BCUT2D eigenvalue weighted by Crippen LogP contribution is 2.23. The van der Waals surface area contributed by atoms with Crippen molar-refractivity contribution in [1.82, 2.24) is 0 Å². The number of hydrogen-bond donors (Lipinski definition) is 1. The van der Waals surface area contributed by atoms with Gasteiger partial charge in [-0.15, -0.1) is 0 Å². The largest absolute Gasteiger partial charge is 0.508 e. The summed E-state index contributed by atoms with van der Waals surface area (Å²) >= 11 is 0. The molecule has 0 aromatic heterocycles. The fourth-order valence-electron chi connectivity index (χ4n) is 1.31. The lowest BCUT2D eigenvalue weighted by atomic mass is 10.0. The van der Waals surface area contributed by atoms with E-state index in [0.717, 1.165) is 0 Å². The Morgan fingerprint density at radius 1 is 1.13 bits per heavy atom. The summed E-state index contributed by atoms with van der Waals surface area (Å²) in [5, 5.41) is 9.06. The van der Waals surface area contributed by atoms with Crippen LogP contribution in [0.4, 0.5) is 0 Å². The normalized spacial score (nSPS) is 12.7. The van der Waals surface area contributed by atoms with Gasteiger partial charge in [0.15, 0.2) is 9.84 Å². The molecule has 4 heteroatoms. The second-order valence-corrected chi connectivity index (χ2v) is 6.80. The fraction of sp³-hybridized carbons (Fsp3) is 0.455. The Hall–Kier alpha value is -1.03. The molecule has 0 saturated heterocycles. The summed E-state index contributed by atoms with van der Waals surface area (Å²) in [7, 11) is -3.25. The van der Waals surface area contributed by atoms with E-state index in [0.29, 0.717) is 0 Å². The van der Waals surface area contributed by atoms with Gasteiger partial charge in [0, 0.05) is 0 Å². The van der Waals surface area contributed by atoms with E-state index in [1.165, 1.54) is 24.3 Å². The van der Waals surface area contributed by atoms with Crippen molar-refractivity contribution in [1.29, 1.82) is 0 Å². The molecule has 0 aliphatic carbocycles. The van der Waals surface area contributed by atoms with Gasteiger partial charge in [-0.2, -0.15) is 0 Å². The van der Waals surface area contributed by atoms with Gasteiger partial charge < -0.3 is 5.11 Å². The van der Waals surface area contributed by atoms with Crippen LogP contribution in [0.2, 0.25) is 0 Å². The molecule has 1 rings (SSSR count). The van der Waals surface area contributed by atoms with Gasteiger partial charge in [-0.1, -0.05) is 20.8 Å². The summed E-state index contributed by atoms with van der Waals surface area (Å²) in [5.41, 5.74) is -0.267. The first-order valence-electron chi connectivity index (χ1n) is 4.72.